The van der Waals surface area contributed by atoms with Crippen molar-refractivity contribution in [3.05, 3.63) is 57.7 Å². The van der Waals surface area contributed by atoms with Crippen LogP contribution in [0.3, 0.4) is 0 Å². The molecule has 2 aromatic rings. The number of benzene rings is 2. The standard InChI is InChI=1S/C16H17IN2/c1-16(2,3)12-4-8-14(9-5-12)18-19-15-10-6-13(17)7-11-15/h4-11H,1-3H3. The maximum atomic E-state index is 4.25. The highest BCUT2D eigenvalue weighted by Gasteiger charge is 2.12. The third-order valence-corrected chi connectivity index (χ3v) is 3.56. The first-order valence-corrected chi connectivity index (χ1v) is 7.31. The summed E-state index contributed by atoms with van der Waals surface area (Å²) in [6, 6.07) is 16.2. The van der Waals surface area contributed by atoms with Crippen molar-refractivity contribution in [2.75, 3.05) is 0 Å². The van der Waals surface area contributed by atoms with Crippen LogP contribution in [0.25, 0.3) is 0 Å². The summed E-state index contributed by atoms with van der Waals surface area (Å²) in [6.45, 7) is 6.61. The molecule has 0 saturated carbocycles. The zero-order valence-electron chi connectivity index (χ0n) is 11.4. The monoisotopic (exact) mass is 364 g/mol. The number of halogens is 1. The Balaban J connectivity index is 2.13. The Morgan fingerprint density at radius 2 is 1.16 bits per heavy atom. The van der Waals surface area contributed by atoms with Gasteiger partial charge in [0, 0.05) is 3.57 Å². The van der Waals surface area contributed by atoms with E-state index in [1.54, 1.807) is 0 Å². The van der Waals surface area contributed by atoms with Crippen molar-refractivity contribution in [1.29, 1.82) is 0 Å². The van der Waals surface area contributed by atoms with Gasteiger partial charge in [-0.05, 0) is 70.0 Å². The minimum atomic E-state index is 0.172. The van der Waals surface area contributed by atoms with E-state index >= 15 is 0 Å². The molecule has 2 nitrogen and oxygen atoms in total. The van der Waals surface area contributed by atoms with Gasteiger partial charge in [-0.2, -0.15) is 10.2 Å². The molecular formula is C16H17IN2. The summed E-state index contributed by atoms with van der Waals surface area (Å²) < 4.78 is 1.20. The van der Waals surface area contributed by atoms with Crippen LogP contribution < -0.4 is 0 Å². The van der Waals surface area contributed by atoms with E-state index in [-0.39, 0.29) is 5.41 Å². The lowest BCUT2D eigenvalue weighted by atomic mass is 9.87. The highest BCUT2D eigenvalue weighted by atomic mass is 127. The molecule has 0 heterocycles. The lowest BCUT2D eigenvalue weighted by molar-refractivity contribution is 0.590. The number of nitrogens with zero attached hydrogens (tertiary/aromatic N) is 2. The van der Waals surface area contributed by atoms with Gasteiger partial charge in [0.2, 0.25) is 0 Å². The maximum absolute atomic E-state index is 4.25. The number of hydrogen-bond donors (Lipinski definition) is 0. The van der Waals surface area contributed by atoms with Gasteiger partial charge in [-0.25, -0.2) is 0 Å². The van der Waals surface area contributed by atoms with Crippen LogP contribution in [0.5, 0.6) is 0 Å². The first kappa shape index (κ1) is 14.2. The van der Waals surface area contributed by atoms with Crippen molar-refractivity contribution in [2.24, 2.45) is 10.2 Å². The summed E-state index contributed by atoms with van der Waals surface area (Å²) in [5.74, 6) is 0. The maximum Gasteiger partial charge on any atom is 0.0857 e. The largest absolute Gasteiger partial charge is 0.151 e. The van der Waals surface area contributed by atoms with E-state index in [1.165, 1.54) is 9.13 Å². The van der Waals surface area contributed by atoms with Crippen LogP contribution in [-0.2, 0) is 5.41 Å². The summed E-state index contributed by atoms with van der Waals surface area (Å²) >= 11 is 2.28. The highest BCUT2D eigenvalue weighted by molar-refractivity contribution is 14.1. The van der Waals surface area contributed by atoms with Crippen LogP contribution >= 0.6 is 22.6 Å². The molecule has 0 fully saturated rings. The van der Waals surface area contributed by atoms with Crippen molar-refractivity contribution in [1.82, 2.24) is 0 Å². The van der Waals surface area contributed by atoms with Gasteiger partial charge in [0.15, 0.2) is 0 Å². The minimum Gasteiger partial charge on any atom is -0.151 e. The molecule has 0 amide bonds. The highest BCUT2D eigenvalue weighted by Crippen LogP contribution is 2.25. The predicted molar refractivity (Wildman–Crippen MR) is 88.5 cm³/mol. The molecule has 0 aliphatic carbocycles. The Bertz CT molecular complexity index is 563. The van der Waals surface area contributed by atoms with E-state index in [0.29, 0.717) is 0 Å². The number of hydrogen-bond acceptors (Lipinski definition) is 2. The van der Waals surface area contributed by atoms with Gasteiger partial charge in [0.05, 0.1) is 11.4 Å². The quantitative estimate of drug-likeness (QED) is 0.461. The molecule has 0 spiro atoms. The van der Waals surface area contributed by atoms with Gasteiger partial charge in [-0.3, -0.25) is 0 Å². The molecule has 2 rings (SSSR count). The molecular weight excluding hydrogens is 347 g/mol. The van der Waals surface area contributed by atoms with Crippen LogP contribution in [0.4, 0.5) is 11.4 Å². The van der Waals surface area contributed by atoms with Gasteiger partial charge in [-0.15, -0.1) is 0 Å². The molecule has 0 atom stereocenters. The van der Waals surface area contributed by atoms with Crippen LogP contribution in [-0.4, -0.2) is 0 Å². The second-order valence-corrected chi connectivity index (χ2v) is 6.72. The molecule has 0 N–H and O–H groups in total. The molecule has 0 unspecified atom stereocenters. The molecule has 0 radical (unpaired) electrons. The second kappa shape index (κ2) is 5.82. The lowest BCUT2D eigenvalue weighted by Gasteiger charge is -2.18. The number of azo groups is 1. The molecule has 0 saturated heterocycles. The average molecular weight is 364 g/mol. The summed E-state index contributed by atoms with van der Waals surface area (Å²) in [5.41, 5.74) is 3.23. The Kier molecular flexibility index (Phi) is 4.34. The first-order valence-electron chi connectivity index (χ1n) is 6.23. The third kappa shape index (κ3) is 4.13. The molecule has 98 valence electrons. The van der Waals surface area contributed by atoms with Crippen molar-refractivity contribution < 1.29 is 0 Å². The van der Waals surface area contributed by atoms with Crippen LogP contribution in [0.1, 0.15) is 26.3 Å². The molecule has 0 aliphatic heterocycles. The number of rotatable bonds is 2. The normalized spacial score (nSPS) is 12.0. The van der Waals surface area contributed by atoms with Crippen molar-refractivity contribution >= 4 is 34.0 Å². The summed E-state index contributed by atoms with van der Waals surface area (Å²) in [7, 11) is 0. The zero-order chi connectivity index (χ0) is 13.9. The molecule has 3 heteroatoms. The van der Waals surface area contributed by atoms with E-state index in [2.05, 4.69) is 65.7 Å². The Morgan fingerprint density at radius 3 is 1.58 bits per heavy atom. The van der Waals surface area contributed by atoms with Crippen molar-refractivity contribution in [2.45, 2.75) is 26.2 Å². The zero-order valence-corrected chi connectivity index (χ0v) is 13.5. The summed E-state index contributed by atoms with van der Waals surface area (Å²) in [6.07, 6.45) is 0. The molecule has 0 aromatic heterocycles. The minimum absolute atomic E-state index is 0.172. The SMILES string of the molecule is CC(C)(C)c1ccc(N=Nc2ccc(I)cc2)cc1. The lowest BCUT2D eigenvalue weighted by Crippen LogP contribution is -2.10. The van der Waals surface area contributed by atoms with E-state index in [4.69, 9.17) is 0 Å². The van der Waals surface area contributed by atoms with E-state index < -0.39 is 0 Å². The first-order chi connectivity index (χ1) is 8.95. The second-order valence-electron chi connectivity index (χ2n) is 5.47. The van der Waals surface area contributed by atoms with E-state index in [0.717, 1.165) is 11.4 Å². The summed E-state index contributed by atoms with van der Waals surface area (Å²) in [4.78, 5) is 0. The third-order valence-electron chi connectivity index (χ3n) is 2.84. The van der Waals surface area contributed by atoms with Gasteiger partial charge in [0.1, 0.15) is 0 Å². The predicted octanol–water partition coefficient (Wildman–Crippen LogP) is 6.00. The van der Waals surface area contributed by atoms with Gasteiger partial charge in [0.25, 0.3) is 0 Å². The summed E-state index contributed by atoms with van der Waals surface area (Å²) in [5, 5.41) is 8.48. The van der Waals surface area contributed by atoms with E-state index in [9.17, 15) is 0 Å². The van der Waals surface area contributed by atoms with E-state index in [1.807, 2.05) is 36.4 Å². The van der Waals surface area contributed by atoms with Crippen LogP contribution in [0.2, 0.25) is 0 Å². The van der Waals surface area contributed by atoms with Crippen LogP contribution in [0.15, 0.2) is 58.8 Å². The Morgan fingerprint density at radius 1 is 0.737 bits per heavy atom. The Hall–Kier alpha value is -1.23. The topological polar surface area (TPSA) is 24.7 Å². The van der Waals surface area contributed by atoms with Gasteiger partial charge >= 0.3 is 0 Å². The fraction of sp³-hybridized carbons (Fsp3) is 0.250. The fourth-order valence-electron chi connectivity index (χ4n) is 1.65. The van der Waals surface area contributed by atoms with Gasteiger partial charge < -0.3 is 0 Å². The molecule has 2 aromatic carbocycles. The van der Waals surface area contributed by atoms with Gasteiger partial charge in [-0.1, -0.05) is 32.9 Å². The smallest absolute Gasteiger partial charge is 0.0857 e. The molecule has 0 bridgehead atoms. The van der Waals surface area contributed by atoms with Crippen molar-refractivity contribution in [3.63, 3.8) is 0 Å². The van der Waals surface area contributed by atoms with Crippen molar-refractivity contribution in [3.8, 4) is 0 Å². The fourth-order valence-corrected chi connectivity index (χ4v) is 2.01. The van der Waals surface area contributed by atoms with Crippen LogP contribution in [0, 0.1) is 3.57 Å². The average Bonchev–Trinajstić information content (AvgIpc) is 2.37. The molecule has 0 aliphatic rings. The Labute approximate surface area is 128 Å². The molecule has 19 heavy (non-hydrogen) atoms.